The number of nitrogens with one attached hydrogen (secondary N) is 1. The fourth-order valence-corrected chi connectivity index (χ4v) is 6.80. The van der Waals surface area contributed by atoms with Gasteiger partial charge in [-0.2, -0.15) is 17.0 Å². The van der Waals surface area contributed by atoms with Crippen LogP contribution < -0.4 is 5.32 Å². The van der Waals surface area contributed by atoms with Crippen molar-refractivity contribution in [3.8, 4) is 0 Å². The van der Waals surface area contributed by atoms with E-state index in [9.17, 15) is 13.2 Å². The molecule has 0 bridgehead atoms. The van der Waals surface area contributed by atoms with Gasteiger partial charge in [0.05, 0.1) is 5.92 Å². The van der Waals surface area contributed by atoms with Crippen LogP contribution in [0.3, 0.4) is 0 Å². The second-order valence-corrected chi connectivity index (χ2v) is 11.1. The molecule has 7 nitrogen and oxygen atoms in total. The molecule has 3 heterocycles. The van der Waals surface area contributed by atoms with Gasteiger partial charge < -0.3 is 5.32 Å². The normalized spacial score (nSPS) is 25.4. The van der Waals surface area contributed by atoms with Crippen molar-refractivity contribution in [3.63, 3.8) is 0 Å². The number of carbonyl (C=O) groups excluding carboxylic acids is 1. The van der Waals surface area contributed by atoms with Crippen LogP contribution in [0.25, 0.3) is 0 Å². The molecule has 3 fully saturated rings. The lowest BCUT2D eigenvalue weighted by molar-refractivity contribution is -0.127. The molecule has 31 heavy (non-hydrogen) atoms. The lowest BCUT2D eigenvalue weighted by Crippen LogP contribution is -2.53. The zero-order valence-corrected chi connectivity index (χ0v) is 19.2. The van der Waals surface area contributed by atoms with Crippen molar-refractivity contribution in [1.82, 2.24) is 18.8 Å². The summed E-state index contributed by atoms with van der Waals surface area (Å²) in [6.07, 6.45) is 6.37. The van der Waals surface area contributed by atoms with Crippen molar-refractivity contribution in [2.45, 2.75) is 57.5 Å². The summed E-state index contributed by atoms with van der Waals surface area (Å²) in [4.78, 5) is 15.4. The lowest BCUT2D eigenvalue weighted by Gasteiger charge is -2.37. The minimum absolute atomic E-state index is 0.0278. The van der Waals surface area contributed by atoms with Crippen LogP contribution in [-0.4, -0.2) is 73.1 Å². The summed E-state index contributed by atoms with van der Waals surface area (Å²) < 4.78 is 29.2. The van der Waals surface area contributed by atoms with Gasteiger partial charge in [0.1, 0.15) is 0 Å². The Bertz CT molecular complexity index is 818. The maximum Gasteiger partial charge on any atom is 0.281 e. The summed E-state index contributed by atoms with van der Waals surface area (Å²) in [5.74, 6) is -0.212. The predicted molar refractivity (Wildman–Crippen MR) is 122 cm³/mol. The average molecular weight is 449 g/mol. The van der Waals surface area contributed by atoms with Gasteiger partial charge >= 0.3 is 0 Å². The van der Waals surface area contributed by atoms with Crippen LogP contribution in [0.2, 0.25) is 0 Å². The minimum Gasteiger partial charge on any atom is -0.353 e. The van der Waals surface area contributed by atoms with Gasteiger partial charge in [-0.3, -0.25) is 9.69 Å². The van der Waals surface area contributed by atoms with Crippen LogP contribution in [0.1, 0.15) is 50.5 Å². The van der Waals surface area contributed by atoms with Crippen molar-refractivity contribution in [2.24, 2.45) is 5.92 Å². The zero-order valence-electron chi connectivity index (χ0n) is 18.4. The van der Waals surface area contributed by atoms with E-state index in [0.717, 1.165) is 64.6 Å². The summed E-state index contributed by atoms with van der Waals surface area (Å²) in [7, 11) is -3.44. The van der Waals surface area contributed by atoms with Gasteiger partial charge in [-0.1, -0.05) is 36.8 Å². The molecule has 1 unspecified atom stereocenters. The Morgan fingerprint density at radius 2 is 1.55 bits per heavy atom. The second-order valence-electron chi connectivity index (χ2n) is 9.21. The van der Waals surface area contributed by atoms with Crippen molar-refractivity contribution in [1.29, 1.82) is 0 Å². The number of hydrogen-bond donors (Lipinski definition) is 1. The summed E-state index contributed by atoms with van der Waals surface area (Å²) in [5.41, 5.74) is 1.32. The Labute approximate surface area is 187 Å². The molecule has 1 aromatic rings. The molecule has 0 radical (unpaired) electrons. The van der Waals surface area contributed by atoms with Crippen LogP contribution in [0.4, 0.5) is 0 Å². The molecule has 3 aliphatic rings. The molecule has 1 N–H and O–H groups in total. The quantitative estimate of drug-likeness (QED) is 0.724. The van der Waals surface area contributed by atoms with Crippen LogP contribution in [0.5, 0.6) is 0 Å². The lowest BCUT2D eigenvalue weighted by atomic mass is 9.97. The standard InChI is InChI=1S/C23H36N4O3S/c28-23(24-22-11-16-25(17-12-22)18-20-8-3-1-4-9-20)21-10-7-15-27(19-21)31(29,30)26-13-5-2-6-14-26/h1,3-4,8-9,21-22H,2,5-7,10-19H2,(H,24,28). The number of carbonyl (C=O) groups is 1. The minimum atomic E-state index is -3.44. The maximum absolute atomic E-state index is 13.0. The van der Waals surface area contributed by atoms with E-state index in [1.165, 1.54) is 5.56 Å². The molecule has 4 rings (SSSR count). The topological polar surface area (TPSA) is 73.0 Å². The van der Waals surface area contributed by atoms with Crippen LogP contribution in [0.15, 0.2) is 30.3 Å². The first-order chi connectivity index (χ1) is 15.0. The van der Waals surface area contributed by atoms with Gasteiger partial charge in [-0.25, -0.2) is 0 Å². The number of likely N-dealkylation sites (tertiary alicyclic amines) is 1. The van der Waals surface area contributed by atoms with Gasteiger partial charge in [-0.15, -0.1) is 0 Å². The molecule has 172 valence electrons. The molecule has 1 amide bonds. The van der Waals surface area contributed by atoms with Gasteiger partial charge in [0.25, 0.3) is 10.2 Å². The predicted octanol–water partition coefficient (Wildman–Crippen LogP) is 2.21. The molecule has 0 saturated carbocycles. The number of amides is 1. The zero-order chi connectivity index (χ0) is 21.7. The monoisotopic (exact) mass is 448 g/mol. The van der Waals surface area contributed by atoms with Crippen LogP contribution >= 0.6 is 0 Å². The Morgan fingerprint density at radius 1 is 0.871 bits per heavy atom. The average Bonchev–Trinajstić information content (AvgIpc) is 2.82. The fourth-order valence-electron chi connectivity index (χ4n) is 5.02. The van der Waals surface area contributed by atoms with Gasteiger partial charge in [0.15, 0.2) is 0 Å². The summed E-state index contributed by atoms with van der Waals surface area (Å²) in [5, 5.41) is 3.22. The molecular formula is C23H36N4O3S. The number of benzene rings is 1. The van der Waals surface area contributed by atoms with E-state index in [0.29, 0.717) is 26.2 Å². The molecule has 8 heteroatoms. The maximum atomic E-state index is 13.0. The van der Waals surface area contributed by atoms with Gasteiger partial charge in [0.2, 0.25) is 5.91 Å². The Morgan fingerprint density at radius 3 is 2.26 bits per heavy atom. The Hall–Kier alpha value is -1.48. The third kappa shape index (κ3) is 5.86. The van der Waals surface area contributed by atoms with E-state index in [1.54, 1.807) is 8.61 Å². The number of piperidine rings is 3. The Kier molecular flexibility index (Phi) is 7.63. The van der Waals surface area contributed by atoms with E-state index >= 15 is 0 Å². The number of rotatable bonds is 6. The number of nitrogens with zero attached hydrogens (tertiary/aromatic N) is 3. The number of hydrogen-bond acceptors (Lipinski definition) is 4. The van der Waals surface area contributed by atoms with E-state index < -0.39 is 10.2 Å². The molecule has 0 aliphatic carbocycles. The SMILES string of the molecule is O=C(NC1CCN(Cc2ccccc2)CC1)C1CCCN(S(=O)(=O)N2CCCCC2)C1. The van der Waals surface area contributed by atoms with E-state index in [4.69, 9.17) is 0 Å². The van der Waals surface area contributed by atoms with E-state index in [1.807, 2.05) is 6.07 Å². The van der Waals surface area contributed by atoms with Crippen LogP contribution in [0, 0.1) is 5.92 Å². The summed E-state index contributed by atoms with van der Waals surface area (Å²) in [6, 6.07) is 10.7. The van der Waals surface area contributed by atoms with E-state index in [-0.39, 0.29) is 17.9 Å². The van der Waals surface area contributed by atoms with Crippen LogP contribution in [-0.2, 0) is 21.5 Å². The fraction of sp³-hybridized carbons (Fsp3) is 0.696. The highest BCUT2D eigenvalue weighted by Crippen LogP contribution is 2.24. The van der Waals surface area contributed by atoms with Crippen molar-refractivity contribution >= 4 is 16.1 Å². The highest BCUT2D eigenvalue weighted by molar-refractivity contribution is 7.86. The van der Waals surface area contributed by atoms with Crippen molar-refractivity contribution < 1.29 is 13.2 Å². The van der Waals surface area contributed by atoms with E-state index in [2.05, 4.69) is 34.5 Å². The highest BCUT2D eigenvalue weighted by atomic mass is 32.2. The highest BCUT2D eigenvalue weighted by Gasteiger charge is 2.36. The first-order valence-corrected chi connectivity index (χ1v) is 13.2. The first-order valence-electron chi connectivity index (χ1n) is 11.8. The van der Waals surface area contributed by atoms with Crippen molar-refractivity contribution in [2.75, 3.05) is 39.3 Å². The molecule has 1 atom stereocenters. The molecule has 0 spiro atoms. The molecule has 3 aliphatic heterocycles. The Balaban J connectivity index is 1.25. The first kappa shape index (κ1) is 22.7. The molecule has 3 saturated heterocycles. The van der Waals surface area contributed by atoms with Gasteiger partial charge in [-0.05, 0) is 44.1 Å². The summed E-state index contributed by atoms with van der Waals surface area (Å²) >= 11 is 0. The third-order valence-corrected chi connectivity index (χ3v) is 8.91. The molecule has 1 aromatic carbocycles. The largest absolute Gasteiger partial charge is 0.353 e. The summed E-state index contributed by atoms with van der Waals surface area (Å²) in [6.45, 7) is 4.96. The van der Waals surface area contributed by atoms with Gasteiger partial charge in [0, 0.05) is 51.9 Å². The third-order valence-electron chi connectivity index (χ3n) is 6.91. The smallest absolute Gasteiger partial charge is 0.281 e. The van der Waals surface area contributed by atoms with Crippen molar-refractivity contribution in [3.05, 3.63) is 35.9 Å². The molecule has 0 aromatic heterocycles. The molecular weight excluding hydrogens is 412 g/mol. The second kappa shape index (κ2) is 10.4.